The summed E-state index contributed by atoms with van der Waals surface area (Å²) in [5, 5.41) is -0.0229. The lowest BCUT2D eigenvalue weighted by Crippen LogP contribution is -2.59. The van der Waals surface area contributed by atoms with Crippen molar-refractivity contribution in [1.82, 2.24) is 0 Å². The third-order valence-electron chi connectivity index (χ3n) is 8.86. The van der Waals surface area contributed by atoms with Crippen molar-refractivity contribution in [2.75, 3.05) is 6.61 Å². The molecule has 4 aromatic carbocycles. The molecule has 0 unspecified atom stereocenters. The molecular weight excluding hydrogens is 589 g/mol. The van der Waals surface area contributed by atoms with Crippen LogP contribution in [0.2, 0.25) is 18.1 Å². The molecule has 0 spiro atoms. The zero-order valence-electron chi connectivity index (χ0n) is 27.8. The highest BCUT2D eigenvalue weighted by Gasteiger charge is 2.50. The Balaban J connectivity index is 1.53. The maximum atomic E-state index is 7.23. The summed E-state index contributed by atoms with van der Waals surface area (Å²) in [7, 11) is -2.30. The van der Waals surface area contributed by atoms with Gasteiger partial charge in [-0.1, -0.05) is 142 Å². The Kier molecular flexibility index (Phi) is 11.7. The van der Waals surface area contributed by atoms with Crippen LogP contribution in [0.5, 0.6) is 0 Å². The lowest BCUT2D eigenvalue weighted by atomic mass is 9.96. The van der Waals surface area contributed by atoms with Crippen LogP contribution >= 0.6 is 0 Å². The molecule has 46 heavy (non-hydrogen) atoms. The van der Waals surface area contributed by atoms with E-state index in [9.17, 15) is 0 Å². The predicted molar refractivity (Wildman–Crippen MR) is 187 cm³/mol. The van der Waals surface area contributed by atoms with Crippen LogP contribution in [-0.4, -0.2) is 39.3 Å². The highest BCUT2D eigenvalue weighted by atomic mass is 28.4. The van der Waals surface area contributed by atoms with E-state index < -0.39 is 32.7 Å². The third kappa shape index (κ3) is 9.27. The molecule has 0 radical (unpaired) electrons. The van der Waals surface area contributed by atoms with Gasteiger partial charge in [-0.3, -0.25) is 0 Å². The predicted octanol–water partition coefficient (Wildman–Crippen LogP) is 9.20. The molecule has 242 valence electrons. The second-order valence-corrected chi connectivity index (χ2v) is 18.2. The fraction of sp³-hybridized carbons (Fsp3) is 0.350. The second-order valence-electron chi connectivity index (χ2n) is 13.4. The minimum atomic E-state index is -2.30. The first-order valence-electron chi connectivity index (χ1n) is 16.2. The summed E-state index contributed by atoms with van der Waals surface area (Å²) in [6.07, 6.45) is 0.279. The van der Waals surface area contributed by atoms with Gasteiger partial charge in [-0.05, 0) is 46.5 Å². The van der Waals surface area contributed by atoms with E-state index >= 15 is 0 Å². The van der Waals surface area contributed by atoms with Crippen LogP contribution in [0.25, 0.3) is 6.08 Å². The molecule has 1 aliphatic rings. The lowest BCUT2D eigenvalue weighted by Gasteiger charge is -2.48. The molecule has 6 heteroatoms. The van der Waals surface area contributed by atoms with Gasteiger partial charge in [0.2, 0.25) is 0 Å². The Bertz CT molecular complexity index is 1490. The normalized spacial score (nSPS) is 21.2. The van der Waals surface area contributed by atoms with E-state index in [1.807, 2.05) is 72.8 Å². The van der Waals surface area contributed by atoms with Crippen molar-refractivity contribution < 1.29 is 23.4 Å². The van der Waals surface area contributed by atoms with E-state index in [1.165, 1.54) is 0 Å². The van der Waals surface area contributed by atoms with Crippen molar-refractivity contribution in [2.24, 2.45) is 0 Å². The highest BCUT2D eigenvalue weighted by molar-refractivity contribution is 6.74. The fourth-order valence-electron chi connectivity index (χ4n) is 5.22. The molecule has 5 nitrogen and oxygen atoms in total. The Morgan fingerprint density at radius 2 is 1.09 bits per heavy atom. The van der Waals surface area contributed by atoms with Gasteiger partial charge in [-0.15, -0.1) is 0 Å². The van der Waals surface area contributed by atoms with Gasteiger partial charge >= 0.3 is 0 Å². The van der Waals surface area contributed by atoms with Crippen molar-refractivity contribution in [3.63, 3.8) is 0 Å². The molecule has 0 aromatic heterocycles. The van der Waals surface area contributed by atoms with E-state index in [4.69, 9.17) is 23.4 Å². The highest BCUT2D eigenvalue weighted by Crippen LogP contribution is 2.42. The van der Waals surface area contributed by atoms with Gasteiger partial charge in [0.15, 0.2) is 14.4 Å². The zero-order valence-corrected chi connectivity index (χ0v) is 28.8. The van der Waals surface area contributed by atoms with Crippen molar-refractivity contribution in [3.8, 4) is 0 Å². The van der Waals surface area contributed by atoms with E-state index in [-0.39, 0.29) is 5.04 Å². The first-order valence-corrected chi connectivity index (χ1v) is 19.1. The molecule has 1 fully saturated rings. The summed E-state index contributed by atoms with van der Waals surface area (Å²) >= 11 is 0. The Morgan fingerprint density at radius 1 is 0.630 bits per heavy atom. The van der Waals surface area contributed by atoms with E-state index in [0.29, 0.717) is 26.4 Å². The quantitative estimate of drug-likeness (QED) is 0.137. The van der Waals surface area contributed by atoms with Gasteiger partial charge in [-0.2, -0.15) is 0 Å². The van der Waals surface area contributed by atoms with Gasteiger partial charge in [0, 0.05) is 0 Å². The molecule has 0 N–H and O–H groups in total. The zero-order chi connectivity index (χ0) is 32.4. The standard InChI is InChI=1S/C40H48O5Si/c1-40(2,3)46(4,5)45-38-35(26-31-18-10-6-11-19-31)44-36(30-41-27-32-20-12-7-13-21-32)37(42-28-33-22-14-8-15-23-33)39(38)43-29-34-24-16-9-17-25-34/h6-26,36-39H,27-30H2,1-5H3/b35-26-/t36-,37-,38-,39+/m1/s1. The van der Waals surface area contributed by atoms with Gasteiger partial charge in [0.25, 0.3) is 0 Å². The van der Waals surface area contributed by atoms with Crippen LogP contribution in [0.15, 0.2) is 127 Å². The van der Waals surface area contributed by atoms with Crippen LogP contribution in [-0.2, 0) is 43.2 Å². The maximum absolute atomic E-state index is 7.23. The lowest BCUT2D eigenvalue weighted by molar-refractivity contribution is -0.208. The number of ether oxygens (including phenoxy) is 4. The van der Waals surface area contributed by atoms with Gasteiger partial charge in [0.05, 0.1) is 26.4 Å². The number of hydrogen-bond donors (Lipinski definition) is 0. The molecule has 4 aromatic rings. The average molecular weight is 637 g/mol. The smallest absolute Gasteiger partial charge is 0.193 e. The van der Waals surface area contributed by atoms with E-state index in [1.54, 1.807) is 0 Å². The van der Waals surface area contributed by atoms with Crippen molar-refractivity contribution in [1.29, 1.82) is 0 Å². The molecule has 4 atom stereocenters. The van der Waals surface area contributed by atoms with Crippen LogP contribution < -0.4 is 0 Å². The Hall–Kier alpha value is -3.52. The number of hydrogen-bond acceptors (Lipinski definition) is 5. The summed E-state index contributed by atoms with van der Waals surface area (Å²) in [5.41, 5.74) is 4.32. The third-order valence-corrected chi connectivity index (χ3v) is 13.3. The summed E-state index contributed by atoms with van der Waals surface area (Å²) < 4.78 is 34.2. The molecule has 5 rings (SSSR count). The van der Waals surface area contributed by atoms with Gasteiger partial charge in [-0.25, -0.2) is 0 Å². The van der Waals surface area contributed by atoms with Crippen LogP contribution in [0.4, 0.5) is 0 Å². The van der Waals surface area contributed by atoms with Crippen LogP contribution in [0.3, 0.4) is 0 Å². The Morgan fingerprint density at radius 3 is 1.59 bits per heavy atom. The summed E-state index contributed by atoms with van der Waals surface area (Å²) in [5.74, 6) is 0.738. The molecule has 0 bridgehead atoms. The molecule has 1 heterocycles. The molecule has 1 aliphatic heterocycles. The monoisotopic (exact) mass is 636 g/mol. The number of benzene rings is 4. The van der Waals surface area contributed by atoms with Crippen molar-refractivity contribution in [2.45, 2.75) is 83.1 Å². The van der Waals surface area contributed by atoms with E-state index in [0.717, 1.165) is 28.0 Å². The Labute approximate surface area is 276 Å². The molecule has 0 amide bonds. The summed E-state index contributed by atoms with van der Waals surface area (Å²) in [6, 6.07) is 41.0. The summed E-state index contributed by atoms with van der Waals surface area (Å²) in [4.78, 5) is 0. The van der Waals surface area contributed by atoms with Crippen molar-refractivity contribution in [3.05, 3.63) is 149 Å². The van der Waals surface area contributed by atoms with E-state index in [2.05, 4.69) is 88.5 Å². The summed E-state index contributed by atoms with van der Waals surface area (Å²) in [6.45, 7) is 13.0. The first-order chi connectivity index (χ1) is 22.2. The second kappa shape index (κ2) is 15.9. The fourth-order valence-corrected chi connectivity index (χ4v) is 6.46. The maximum Gasteiger partial charge on any atom is 0.193 e. The van der Waals surface area contributed by atoms with Gasteiger partial charge in [0.1, 0.15) is 24.1 Å². The SMILES string of the molecule is CC(C)(C)[Si](C)(C)O[C@@H]1/C(=C/c2ccccc2)O[C@H](COCc2ccccc2)[C@@H](OCc2ccccc2)[C@@H]1OCc1ccccc1. The molecule has 1 saturated heterocycles. The molecule has 0 saturated carbocycles. The van der Waals surface area contributed by atoms with Gasteiger partial charge < -0.3 is 23.4 Å². The minimum Gasteiger partial charge on any atom is -0.487 e. The first kappa shape index (κ1) is 33.8. The molecular formula is C40H48O5Si. The molecule has 0 aliphatic carbocycles. The topological polar surface area (TPSA) is 46.2 Å². The number of rotatable bonds is 13. The average Bonchev–Trinajstić information content (AvgIpc) is 3.06. The minimum absolute atomic E-state index is 0.0229. The van der Waals surface area contributed by atoms with Crippen molar-refractivity contribution >= 4 is 14.4 Å². The largest absolute Gasteiger partial charge is 0.487 e. The van der Waals surface area contributed by atoms with Crippen LogP contribution in [0, 0.1) is 0 Å². The van der Waals surface area contributed by atoms with Crippen LogP contribution in [0.1, 0.15) is 43.0 Å².